The summed E-state index contributed by atoms with van der Waals surface area (Å²) in [5, 5.41) is 2.14. The van der Waals surface area contributed by atoms with Gasteiger partial charge < -0.3 is 0 Å². The first-order valence-electron chi connectivity index (χ1n) is 2.64. The van der Waals surface area contributed by atoms with Crippen LogP contribution in [0.1, 0.15) is 13.8 Å². The molecule has 0 radical (unpaired) electrons. The maximum absolute atomic E-state index is 4.18. The number of hydrogen-bond acceptors (Lipinski definition) is 2. The number of rotatable bonds is 0. The van der Waals surface area contributed by atoms with Crippen LogP contribution in [0.5, 0.6) is 0 Å². The summed E-state index contributed by atoms with van der Waals surface area (Å²) in [7, 11) is 0. The van der Waals surface area contributed by atoms with Gasteiger partial charge in [0.2, 0.25) is 0 Å². The molecular weight excluding hydrogens is 118 g/mol. The second-order valence-electron chi connectivity index (χ2n) is 1.93. The van der Waals surface area contributed by atoms with Crippen LogP contribution < -0.4 is 0 Å². The molecule has 1 unspecified atom stereocenters. The van der Waals surface area contributed by atoms with E-state index in [0.29, 0.717) is 6.04 Å². The van der Waals surface area contributed by atoms with Crippen LogP contribution in [0.4, 0.5) is 0 Å². The lowest BCUT2D eigenvalue weighted by Gasteiger charge is -2.08. The molecule has 0 saturated carbocycles. The molecule has 1 aliphatic heterocycles. The van der Waals surface area contributed by atoms with E-state index in [2.05, 4.69) is 24.2 Å². The Morgan fingerprint density at radius 3 is 2.88 bits per heavy atom. The first-order chi connectivity index (χ1) is 3.80. The average molecular weight is 127 g/mol. The fraction of sp³-hybridized carbons (Fsp3) is 0.500. The minimum atomic E-state index is 0.413. The normalized spacial score (nSPS) is 27.8. The van der Waals surface area contributed by atoms with E-state index in [9.17, 15) is 0 Å². The Balaban J connectivity index is 2.63. The quantitative estimate of drug-likeness (QED) is 0.485. The number of thioether (sulfide) groups is 1. The van der Waals surface area contributed by atoms with Gasteiger partial charge in [-0.3, -0.25) is 4.99 Å². The van der Waals surface area contributed by atoms with Gasteiger partial charge >= 0.3 is 0 Å². The van der Waals surface area contributed by atoms with Gasteiger partial charge in [-0.25, -0.2) is 0 Å². The molecule has 0 N–H and O–H groups in total. The SMILES string of the molecule is CC1=CSC=NC1C. The zero-order valence-corrected chi connectivity index (χ0v) is 5.90. The third-order valence-corrected chi connectivity index (χ3v) is 2.01. The molecular formula is C6H9NS. The summed E-state index contributed by atoms with van der Waals surface area (Å²) < 4.78 is 0. The van der Waals surface area contributed by atoms with E-state index in [-0.39, 0.29) is 0 Å². The van der Waals surface area contributed by atoms with Crippen LogP contribution >= 0.6 is 11.8 Å². The average Bonchev–Trinajstić information content (AvgIpc) is 1.77. The van der Waals surface area contributed by atoms with E-state index in [1.807, 2.05) is 5.55 Å². The van der Waals surface area contributed by atoms with E-state index in [1.54, 1.807) is 11.8 Å². The zero-order valence-electron chi connectivity index (χ0n) is 5.09. The van der Waals surface area contributed by atoms with Crippen molar-refractivity contribution < 1.29 is 0 Å². The van der Waals surface area contributed by atoms with Crippen molar-refractivity contribution in [3.63, 3.8) is 0 Å². The van der Waals surface area contributed by atoms with Crippen LogP contribution in [0.3, 0.4) is 0 Å². The van der Waals surface area contributed by atoms with E-state index < -0.39 is 0 Å². The summed E-state index contributed by atoms with van der Waals surface area (Å²) in [6, 6.07) is 0.413. The molecule has 1 nitrogen and oxygen atoms in total. The van der Waals surface area contributed by atoms with E-state index in [4.69, 9.17) is 0 Å². The van der Waals surface area contributed by atoms with Gasteiger partial charge in [0.05, 0.1) is 11.6 Å². The summed E-state index contributed by atoms with van der Waals surface area (Å²) in [6.45, 7) is 4.20. The summed E-state index contributed by atoms with van der Waals surface area (Å²) in [5.74, 6) is 0. The summed E-state index contributed by atoms with van der Waals surface area (Å²) in [6.07, 6.45) is 0. The highest BCUT2D eigenvalue weighted by molar-refractivity contribution is 8.14. The Morgan fingerprint density at radius 2 is 2.50 bits per heavy atom. The molecule has 1 heterocycles. The van der Waals surface area contributed by atoms with Crippen molar-refractivity contribution in [3.8, 4) is 0 Å². The lowest BCUT2D eigenvalue weighted by molar-refractivity contribution is 0.870. The molecule has 1 rings (SSSR count). The van der Waals surface area contributed by atoms with Gasteiger partial charge in [0.15, 0.2) is 0 Å². The van der Waals surface area contributed by atoms with Gasteiger partial charge in [-0.15, -0.1) is 0 Å². The van der Waals surface area contributed by atoms with Gasteiger partial charge in [-0.1, -0.05) is 11.8 Å². The Labute approximate surface area is 53.9 Å². The highest BCUT2D eigenvalue weighted by Gasteiger charge is 2.02. The summed E-state index contributed by atoms with van der Waals surface area (Å²) in [5.41, 5.74) is 3.25. The van der Waals surface area contributed by atoms with Gasteiger partial charge in [0, 0.05) is 0 Å². The smallest absolute Gasteiger partial charge is 0.0692 e. The van der Waals surface area contributed by atoms with Crippen molar-refractivity contribution in [2.75, 3.05) is 0 Å². The molecule has 0 aromatic carbocycles. The molecule has 8 heavy (non-hydrogen) atoms. The van der Waals surface area contributed by atoms with Crippen molar-refractivity contribution in [2.45, 2.75) is 19.9 Å². The fourth-order valence-corrected chi connectivity index (χ4v) is 1.21. The largest absolute Gasteiger partial charge is 0.279 e. The molecule has 0 aromatic heterocycles. The Bertz CT molecular complexity index is 137. The molecule has 0 saturated heterocycles. The topological polar surface area (TPSA) is 12.4 Å². The summed E-state index contributed by atoms with van der Waals surface area (Å²) in [4.78, 5) is 4.18. The van der Waals surface area contributed by atoms with E-state index in [1.165, 1.54) is 5.57 Å². The molecule has 0 fully saturated rings. The van der Waals surface area contributed by atoms with Crippen molar-refractivity contribution in [3.05, 3.63) is 11.0 Å². The monoisotopic (exact) mass is 127 g/mol. The number of nitrogens with zero attached hydrogens (tertiary/aromatic N) is 1. The molecule has 0 aliphatic carbocycles. The van der Waals surface area contributed by atoms with Gasteiger partial charge in [-0.2, -0.15) is 0 Å². The predicted molar refractivity (Wildman–Crippen MR) is 39.3 cm³/mol. The van der Waals surface area contributed by atoms with Gasteiger partial charge in [0.1, 0.15) is 0 Å². The highest BCUT2D eigenvalue weighted by Crippen LogP contribution is 2.15. The van der Waals surface area contributed by atoms with Gasteiger partial charge in [-0.05, 0) is 24.8 Å². The number of hydrogen-bond donors (Lipinski definition) is 0. The predicted octanol–water partition coefficient (Wildman–Crippen LogP) is 2.05. The Kier molecular flexibility index (Phi) is 1.73. The molecule has 1 atom stereocenters. The highest BCUT2D eigenvalue weighted by atomic mass is 32.2. The van der Waals surface area contributed by atoms with Crippen molar-refractivity contribution in [2.24, 2.45) is 4.99 Å². The van der Waals surface area contributed by atoms with E-state index in [0.717, 1.165) is 0 Å². The molecule has 44 valence electrons. The van der Waals surface area contributed by atoms with Gasteiger partial charge in [0.25, 0.3) is 0 Å². The molecule has 2 heteroatoms. The third-order valence-electron chi connectivity index (χ3n) is 1.26. The van der Waals surface area contributed by atoms with Crippen LogP contribution in [-0.2, 0) is 0 Å². The van der Waals surface area contributed by atoms with Crippen LogP contribution in [0.2, 0.25) is 0 Å². The van der Waals surface area contributed by atoms with Crippen LogP contribution in [0, 0.1) is 0 Å². The van der Waals surface area contributed by atoms with Crippen molar-refractivity contribution in [1.82, 2.24) is 0 Å². The maximum atomic E-state index is 4.18. The van der Waals surface area contributed by atoms with Crippen LogP contribution in [0.25, 0.3) is 0 Å². The van der Waals surface area contributed by atoms with Crippen molar-refractivity contribution >= 4 is 17.3 Å². The van der Waals surface area contributed by atoms with Crippen LogP contribution in [-0.4, -0.2) is 11.6 Å². The fourth-order valence-electron chi connectivity index (χ4n) is 0.480. The van der Waals surface area contributed by atoms with E-state index >= 15 is 0 Å². The molecule has 0 aromatic rings. The second kappa shape index (κ2) is 2.35. The molecule has 0 bridgehead atoms. The Hall–Kier alpha value is -0.240. The molecule has 0 spiro atoms. The zero-order chi connectivity index (χ0) is 5.98. The maximum Gasteiger partial charge on any atom is 0.0692 e. The lowest BCUT2D eigenvalue weighted by atomic mass is 10.2. The lowest BCUT2D eigenvalue weighted by Crippen LogP contribution is -2.01. The molecule has 0 amide bonds. The summed E-state index contributed by atoms with van der Waals surface area (Å²) >= 11 is 1.65. The van der Waals surface area contributed by atoms with Crippen LogP contribution in [0.15, 0.2) is 16.0 Å². The number of aliphatic imine (C=N–C) groups is 1. The first kappa shape index (κ1) is 5.89. The minimum Gasteiger partial charge on any atom is -0.279 e. The second-order valence-corrected chi connectivity index (χ2v) is 2.65. The third kappa shape index (κ3) is 1.13. The van der Waals surface area contributed by atoms with Crippen molar-refractivity contribution in [1.29, 1.82) is 0 Å². The minimum absolute atomic E-state index is 0.413. The Morgan fingerprint density at radius 1 is 1.75 bits per heavy atom. The molecule has 1 aliphatic rings. The standard InChI is InChI=1S/C6H9NS/c1-5-3-8-4-7-6(5)2/h3-4,6H,1-2H3. The first-order valence-corrected chi connectivity index (χ1v) is 3.59.